The molecule has 1 aliphatic carbocycles. The highest BCUT2D eigenvalue weighted by atomic mass is 16.5. The lowest BCUT2D eigenvalue weighted by molar-refractivity contribution is -0.140. The van der Waals surface area contributed by atoms with Crippen LogP contribution in [0.3, 0.4) is 0 Å². The minimum absolute atomic E-state index is 0.0922. The van der Waals surface area contributed by atoms with Gasteiger partial charge in [-0.1, -0.05) is 48.5 Å². The fourth-order valence-corrected chi connectivity index (χ4v) is 3.96. The average molecular weight is 305 g/mol. The summed E-state index contributed by atoms with van der Waals surface area (Å²) in [5.41, 5.74) is 4.64. The molecule has 1 amide bonds. The SMILES string of the molecule is BC1CN(C(=O)C2c3ccccc3-c3ccccc32)CC(C)O1. The summed E-state index contributed by atoms with van der Waals surface area (Å²) in [4.78, 5) is 15.3. The minimum Gasteiger partial charge on any atom is -0.381 e. The molecule has 1 saturated heterocycles. The zero-order chi connectivity index (χ0) is 16.0. The molecular weight excluding hydrogens is 285 g/mol. The monoisotopic (exact) mass is 305 g/mol. The lowest BCUT2D eigenvalue weighted by atomic mass is 9.92. The number of fused-ring (bicyclic) bond motifs is 3. The van der Waals surface area contributed by atoms with E-state index in [-0.39, 0.29) is 23.9 Å². The molecule has 2 aromatic rings. The Morgan fingerprint density at radius 1 is 1.04 bits per heavy atom. The first-order valence-electron chi connectivity index (χ1n) is 8.27. The summed E-state index contributed by atoms with van der Waals surface area (Å²) < 4.78 is 5.77. The smallest absolute Gasteiger partial charge is 0.234 e. The number of hydrogen-bond donors (Lipinski definition) is 0. The molecule has 2 aliphatic rings. The van der Waals surface area contributed by atoms with Gasteiger partial charge in [0.25, 0.3) is 0 Å². The Labute approximate surface area is 137 Å². The first-order chi connectivity index (χ1) is 11.1. The van der Waals surface area contributed by atoms with Crippen LogP contribution >= 0.6 is 0 Å². The molecule has 116 valence electrons. The van der Waals surface area contributed by atoms with Crippen LogP contribution in [0.4, 0.5) is 0 Å². The van der Waals surface area contributed by atoms with Gasteiger partial charge in [0.05, 0.1) is 12.0 Å². The molecule has 2 unspecified atom stereocenters. The molecule has 0 N–H and O–H groups in total. The maximum absolute atomic E-state index is 13.3. The zero-order valence-electron chi connectivity index (χ0n) is 13.5. The molecule has 23 heavy (non-hydrogen) atoms. The Bertz CT molecular complexity index is 705. The van der Waals surface area contributed by atoms with E-state index in [9.17, 15) is 4.79 Å². The zero-order valence-corrected chi connectivity index (χ0v) is 13.5. The third-order valence-electron chi connectivity index (χ3n) is 4.81. The molecule has 3 nitrogen and oxygen atoms in total. The molecule has 1 aliphatic heterocycles. The van der Waals surface area contributed by atoms with E-state index < -0.39 is 0 Å². The summed E-state index contributed by atoms with van der Waals surface area (Å²) in [7, 11) is 2.03. The summed E-state index contributed by atoms with van der Waals surface area (Å²) in [6, 6.07) is 16.6. The van der Waals surface area contributed by atoms with E-state index in [1.807, 2.05) is 43.9 Å². The van der Waals surface area contributed by atoms with E-state index in [1.165, 1.54) is 11.1 Å². The normalized spacial score (nSPS) is 23.4. The predicted octanol–water partition coefficient (Wildman–Crippen LogP) is 2.01. The summed E-state index contributed by atoms with van der Waals surface area (Å²) in [6.07, 6.45) is 0.0922. The molecule has 2 aromatic carbocycles. The van der Waals surface area contributed by atoms with Crippen LogP contribution in [-0.2, 0) is 9.53 Å². The van der Waals surface area contributed by atoms with Gasteiger partial charge in [-0.3, -0.25) is 4.79 Å². The van der Waals surface area contributed by atoms with Crippen molar-refractivity contribution in [2.45, 2.75) is 24.9 Å². The second-order valence-corrected chi connectivity index (χ2v) is 6.61. The fourth-order valence-electron chi connectivity index (χ4n) is 3.96. The van der Waals surface area contributed by atoms with Gasteiger partial charge in [0.2, 0.25) is 5.91 Å². The van der Waals surface area contributed by atoms with Crippen molar-refractivity contribution in [2.24, 2.45) is 0 Å². The van der Waals surface area contributed by atoms with Crippen LogP contribution in [0.1, 0.15) is 24.0 Å². The molecular formula is C19H20BNO2. The topological polar surface area (TPSA) is 29.5 Å². The molecule has 4 rings (SSSR count). The van der Waals surface area contributed by atoms with Gasteiger partial charge < -0.3 is 9.64 Å². The highest BCUT2D eigenvalue weighted by Gasteiger charge is 2.37. The average Bonchev–Trinajstić information content (AvgIpc) is 2.88. The third-order valence-corrected chi connectivity index (χ3v) is 4.81. The number of rotatable bonds is 1. The fraction of sp³-hybridized carbons (Fsp3) is 0.316. The molecule has 2 atom stereocenters. The molecule has 0 spiro atoms. The summed E-state index contributed by atoms with van der Waals surface area (Å²) in [5.74, 6) is 0.0179. The van der Waals surface area contributed by atoms with Crippen molar-refractivity contribution in [3.63, 3.8) is 0 Å². The van der Waals surface area contributed by atoms with Gasteiger partial charge >= 0.3 is 0 Å². The van der Waals surface area contributed by atoms with Crippen LogP contribution < -0.4 is 0 Å². The number of hydrogen-bond acceptors (Lipinski definition) is 2. The molecule has 0 aromatic heterocycles. The van der Waals surface area contributed by atoms with Crippen molar-refractivity contribution in [3.05, 3.63) is 59.7 Å². The van der Waals surface area contributed by atoms with Crippen molar-refractivity contribution in [3.8, 4) is 11.1 Å². The van der Waals surface area contributed by atoms with Gasteiger partial charge in [-0.15, -0.1) is 0 Å². The lowest BCUT2D eigenvalue weighted by Gasteiger charge is -2.37. The van der Waals surface area contributed by atoms with E-state index in [2.05, 4.69) is 24.3 Å². The standard InChI is InChI=1S/C19H20BNO2/c1-12-10-21(11-17(20)23-12)19(22)18-15-8-4-2-6-13(15)14-7-3-5-9-16(14)18/h2-9,12,17-18H,10-11,20H2,1H3. The number of benzene rings is 2. The van der Waals surface area contributed by atoms with Crippen LogP contribution in [0.2, 0.25) is 0 Å². The van der Waals surface area contributed by atoms with Crippen molar-refractivity contribution in [2.75, 3.05) is 13.1 Å². The summed E-state index contributed by atoms with van der Waals surface area (Å²) in [5, 5.41) is 0. The van der Waals surface area contributed by atoms with Crippen LogP contribution in [0.5, 0.6) is 0 Å². The highest BCUT2D eigenvalue weighted by molar-refractivity contribution is 6.11. The van der Waals surface area contributed by atoms with Crippen molar-refractivity contribution < 1.29 is 9.53 Å². The van der Waals surface area contributed by atoms with Crippen LogP contribution in [0, 0.1) is 0 Å². The van der Waals surface area contributed by atoms with Gasteiger partial charge in [-0.25, -0.2) is 0 Å². The van der Waals surface area contributed by atoms with E-state index in [4.69, 9.17) is 4.74 Å². The lowest BCUT2D eigenvalue weighted by Crippen LogP contribution is -2.50. The minimum atomic E-state index is -0.181. The number of ether oxygens (including phenoxy) is 1. The van der Waals surface area contributed by atoms with Crippen molar-refractivity contribution in [1.82, 2.24) is 4.90 Å². The van der Waals surface area contributed by atoms with Gasteiger partial charge in [-0.05, 0) is 29.2 Å². The maximum Gasteiger partial charge on any atom is 0.234 e. The second kappa shape index (κ2) is 5.53. The largest absolute Gasteiger partial charge is 0.381 e. The van der Waals surface area contributed by atoms with Crippen molar-refractivity contribution >= 4 is 13.8 Å². The molecule has 0 radical (unpaired) electrons. The molecule has 1 fully saturated rings. The number of carbonyl (C=O) groups is 1. The highest BCUT2D eigenvalue weighted by Crippen LogP contribution is 2.45. The van der Waals surface area contributed by atoms with Gasteiger partial charge in [0.15, 0.2) is 0 Å². The predicted molar refractivity (Wildman–Crippen MR) is 93.2 cm³/mol. The number of amides is 1. The Kier molecular flexibility index (Phi) is 3.49. The second-order valence-electron chi connectivity index (χ2n) is 6.61. The quantitative estimate of drug-likeness (QED) is 0.754. The number of nitrogens with zero attached hydrogens (tertiary/aromatic N) is 1. The third kappa shape index (κ3) is 2.38. The first kappa shape index (κ1) is 14.5. The Balaban J connectivity index is 1.75. The molecule has 0 bridgehead atoms. The molecule has 1 heterocycles. The van der Waals surface area contributed by atoms with Crippen LogP contribution in [0.15, 0.2) is 48.5 Å². The van der Waals surface area contributed by atoms with Crippen LogP contribution in [0.25, 0.3) is 11.1 Å². The summed E-state index contributed by atoms with van der Waals surface area (Å²) in [6.45, 7) is 3.38. The number of carbonyl (C=O) groups excluding carboxylic acids is 1. The van der Waals surface area contributed by atoms with E-state index in [0.29, 0.717) is 13.1 Å². The van der Waals surface area contributed by atoms with Gasteiger partial charge in [-0.2, -0.15) is 0 Å². The molecule has 4 heteroatoms. The molecule has 0 saturated carbocycles. The Morgan fingerprint density at radius 2 is 1.61 bits per heavy atom. The van der Waals surface area contributed by atoms with Crippen molar-refractivity contribution in [1.29, 1.82) is 0 Å². The summed E-state index contributed by atoms with van der Waals surface area (Å²) >= 11 is 0. The van der Waals surface area contributed by atoms with E-state index in [0.717, 1.165) is 11.1 Å². The Morgan fingerprint density at radius 3 is 2.17 bits per heavy atom. The van der Waals surface area contributed by atoms with Gasteiger partial charge in [0.1, 0.15) is 7.85 Å². The Hall–Kier alpha value is -2.07. The maximum atomic E-state index is 13.3. The van der Waals surface area contributed by atoms with E-state index >= 15 is 0 Å². The van der Waals surface area contributed by atoms with Crippen LogP contribution in [-0.4, -0.2) is 43.9 Å². The first-order valence-corrected chi connectivity index (χ1v) is 8.27. The number of morpholine rings is 1. The van der Waals surface area contributed by atoms with E-state index in [1.54, 1.807) is 0 Å². The van der Waals surface area contributed by atoms with Gasteiger partial charge in [0, 0.05) is 19.1 Å².